The van der Waals surface area contributed by atoms with Crippen LogP contribution < -0.4 is 4.72 Å². The van der Waals surface area contributed by atoms with Gasteiger partial charge in [0, 0.05) is 38.8 Å². The highest BCUT2D eigenvalue weighted by atomic mass is 32.2. The van der Waals surface area contributed by atoms with Crippen molar-refractivity contribution in [3.05, 3.63) is 24.3 Å². The predicted molar refractivity (Wildman–Crippen MR) is 104 cm³/mol. The van der Waals surface area contributed by atoms with E-state index in [0.717, 1.165) is 13.1 Å². The summed E-state index contributed by atoms with van der Waals surface area (Å²) in [4.78, 5) is 2.31. The summed E-state index contributed by atoms with van der Waals surface area (Å²) in [5, 5.41) is 0. The van der Waals surface area contributed by atoms with Gasteiger partial charge in [-0.05, 0) is 31.2 Å². The van der Waals surface area contributed by atoms with E-state index in [1.807, 2.05) is 6.92 Å². The molecule has 2 rings (SSSR count). The van der Waals surface area contributed by atoms with Crippen LogP contribution in [-0.2, 0) is 24.8 Å². The van der Waals surface area contributed by atoms with E-state index in [-0.39, 0.29) is 22.4 Å². The van der Waals surface area contributed by atoms with Gasteiger partial charge in [-0.2, -0.15) is 4.31 Å². The van der Waals surface area contributed by atoms with E-state index in [1.165, 1.54) is 28.6 Å². The summed E-state index contributed by atoms with van der Waals surface area (Å²) in [5.41, 5.74) is 0. The molecule has 1 fully saturated rings. The summed E-state index contributed by atoms with van der Waals surface area (Å²) in [6.45, 7) is 9.36. The predicted octanol–water partition coefficient (Wildman–Crippen LogP) is 0.716. The maximum atomic E-state index is 12.5. The molecule has 27 heavy (non-hydrogen) atoms. The molecule has 0 radical (unpaired) electrons. The van der Waals surface area contributed by atoms with E-state index < -0.39 is 20.0 Å². The molecular formula is C17H29N3O5S2. The van der Waals surface area contributed by atoms with Crippen LogP contribution in [0.1, 0.15) is 20.8 Å². The largest absolute Gasteiger partial charge is 0.379 e. The summed E-state index contributed by atoms with van der Waals surface area (Å²) >= 11 is 0. The SMILES string of the molecule is CCN(CC)S(=O)(=O)c1ccc(S(=O)(=O)NCC(C)N2CCOCC2)cc1. The minimum atomic E-state index is -3.70. The van der Waals surface area contributed by atoms with Gasteiger partial charge >= 0.3 is 0 Å². The quantitative estimate of drug-likeness (QED) is 0.634. The summed E-state index contributed by atoms with van der Waals surface area (Å²) < 4.78 is 59.2. The number of hydrogen-bond acceptors (Lipinski definition) is 6. The molecule has 0 amide bonds. The first-order valence-corrected chi connectivity index (χ1v) is 12.1. The molecule has 1 aromatic rings. The third-order valence-corrected chi connectivity index (χ3v) is 8.22. The molecule has 1 atom stereocenters. The van der Waals surface area contributed by atoms with Gasteiger partial charge in [0.15, 0.2) is 0 Å². The van der Waals surface area contributed by atoms with Crippen LogP contribution in [0, 0.1) is 0 Å². The molecule has 1 saturated heterocycles. The molecule has 1 N–H and O–H groups in total. The monoisotopic (exact) mass is 419 g/mol. The van der Waals surface area contributed by atoms with Gasteiger partial charge < -0.3 is 4.74 Å². The Labute approximate surface area is 162 Å². The number of sulfonamides is 2. The minimum absolute atomic E-state index is 0.0472. The van der Waals surface area contributed by atoms with Crippen LogP contribution in [0.15, 0.2) is 34.1 Å². The average Bonchev–Trinajstić information content (AvgIpc) is 2.67. The number of nitrogens with one attached hydrogen (secondary N) is 1. The molecule has 154 valence electrons. The van der Waals surface area contributed by atoms with Gasteiger partial charge in [-0.15, -0.1) is 0 Å². The van der Waals surface area contributed by atoms with Crippen LogP contribution in [0.3, 0.4) is 0 Å². The van der Waals surface area contributed by atoms with Crippen molar-refractivity contribution >= 4 is 20.0 Å². The maximum absolute atomic E-state index is 12.5. The van der Waals surface area contributed by atoms with Crippen LogP contribution in [0.2, 0.25) is 0 Å². The van der Waals surface area contributed by atoms with Crippen LogP contribution >= 0.6 is 0 Å². The number of ether oxygens (including phenoxy) is 1. The highest BCUT2D eigenvalue weighted by Crippen LogP contribution is 2.18. The van der Waals surface area contributed by atoms with Crippen LogP contribution in [0.5, 0.6) is 0 Å². The van der Waals surface area contributed by atoms with Gasteiger partial charge in [0.2, 0.25) is 20.0 Å². The number of rotatable bonds is 9. The zero-order valence-electron chi connectivity index (χ0n) is 16.1. The van der Waals surface area contributed by atoms with Gasteiger partial charge in [0.25, 0.3) is 0 Å². The van der Waals surface area contributed by atoms with Crippen molar-refractivity contribution in [2.24, 2.45) is 0 Å². The first kappa shape index (κ1) is 22.3. The third kappa shape index (κ3) is 5.49. The lowest BCUT2D eigenvalue weighted by Gasteiger charge is -2.32. The molecule has 1 aliphatic rings. The second-order valence-electron chi connectivity index (χ2n) is 6.41. The van der Waals surface area contributed by atoms with Gasteiger partial charge in [0.1, 0.15) is 0 Å². The van der Waals surface area contributed by atoms with E-state index in [2.05, 4.69) is 9.62 Å². The zero-order valence-corrected chi connectivity index (χ0v) is 17.7. The highest BCUT2D eigenvalue weighted by molar-refractivity contribution is 7.89. The van der Waals surface area contributed by atoms with Gasteiger partial charge in [-0.1, -0.05) is 13.8 Å². The summed E-state index contributed by atoms with van der Waals surface area (Å²) in [6, 6.07) is 5.39. The van der Waals surface area contributed by atoms with Crippen LogP contribution in [-0.4, -0.2) is 78.0 Å². The number of morpholine rings is 1. The Balaban J connectivity index is 2.06. The fourth-order valence-corrected chi connectivity index (χ4v) is 5.54. The Hall–Kier alpha value is -1.04. The van der Waals surface area contributed by atoms with E-state index in [9.17, 15) is 16.8 Å². The summed E-state index contributed by atoms with van der Waals surface area (Å²) in [7, 11) is -7.31. The topological polar surface area (TPSA) is 96.0 Å². The lowest BCUT2D eigenvalue weighted by atomic mass is 10.2. The molecule has 0 saturated carbocycles. The average molecular weight is 420 g/mol. The van der Waals surface area contributed by atoms with E-state index in [4.69, 9.17) is 4.74 Å². The van der Waals surface area contributed by atoms with Gasteiger partial charge in [-0.25, -0.2) is 21.6 Å². The Kier molecular flexibility index (Phi) is 7.78. The van der Waals surface area contributed by atoms with Crippen molar-refractivity contribution in [3.8, 4) is 0 Å². The minimum Gasteiger partial charge on any atom is -0.379 e. The van der Waals surface area contributed by atoms with Crippen molar-refractivity contribution in [1.82, 2.24) is 13.9 Å². The Morgan fingerprint density at radius 2 is 1.56 bits per heavy atom. The Morgan fingerprint density at radius 3 is 2.07 bits per heavy atom. The molecule has 0 spiro atoms. The van der Waals surface area contributed by atoms with E-state index in [0.29, 0.717) is 26.3 Å². The normalized spacial score (nSPS) is 17.9. The molecule has 10 heteroatoms. The molecule has 0 aliphatic carbocycles. The van der Waals surface area contributed by atoms with Crippen LogP contribution in [0.4, 0.5) is 0 Å². The molecule has 0 bridgehead atoms. The highest BCUT2D eigenvalue weighted by Gasteiger charge is 2.24. The summed E-state index contributed by atoms with van der Waals surface area (Å²) in [5.74, 6) is 0. The fourth-order valence-electron chi connectivity index (χ4n) is 2.96. The Morgan fingerprint density at radius 1 is 1.04 bits per heavy atom. The molecule has 1 unspecified atom stereocenters. The standard InChI is InChI=1S/C17H29N3O5S2/c1-4-20(5-2)27(23,24)17-8-6-16(7-9-17)26(21,22)18-14-15(3)19-10-12-25-13-11-19/h6-9,15,18H,4-5,10-14H2,1-3H3. The number of nitrogens with zero attached hydrogens (tertiary/aromatic N) is 2. The number of hydrogen-bond donors (Lipinski definition) is 1. The number of benzene rings is 1. The summed E-state index contributed by atoms with van der Waals surface area (Å²) in [6.07, 6.45) is 0. The third-order valence-electron chi connectivity index (χ3n) is 4.72. The van der Waals surface area contributed by atoms with Crippen molar-refractivity contribution in [2.45, 2.75) is 36.6 Å². The first-order chi connectivity index (χ1) is 12.7. The molecule has 8 nitrogen and oxygen atoms in total. The second kappa shape index (κ2) is 9.44. The van der Waals surface area contributed by atoms with Crippen molar-refractivity contribution in [1.29, 1.82) is 0 Å². The van der Waals surface area contributed by atoms with Crippen molar-refractivity contribution in [3.63, 3.8) is 0 Å². The molecule has 1 aromatic carbocycles. The Bertz CT molecular complexity index is 799. The lowest BCUT2D eigenvalue weighted by molar-refractivity contribution is 0.0213. The lowest BCUT2D eigenvalue weighted by Crippen LogP contribution is -2.47. The van der Waals surface area contributed by atoms with Crippen molar-refractivity contribution < 1.29 is 21.6 Å². The van der Waals surface area contributed by atoms with E-state index in [1.54, 1.807) is 13.8 Å². The molecule has 1 heterocycles. The van der Waals surface area contributed by atoms with E-state index >= 15 is 0 Å². The molecule has 0 aromatic heterocycles. The second-order valence-corrected chi connectivity index (χ2v) is 10.1. The van der Waals surface area contributed by atoms with Crippen LogP contribution in [0.25, 0.3) is 0 Å². The van der Waals surface area contributed by atoms with Gasteiger partial charge in [0.05, 0.1) is 23.0 Å². The first-order valence-electron chi connectivity index (χ1n) is 9.14. The van der Waals surface area contributed by atoms with Crippen molar-refractivity contribution in [2.75, 3.05) is 45.9 Å². The fraction of sp³-hybridized carbons (Fsp3) is 0.647. The smallest absolute Gasteiger partial charge is 0.243 e. The zero-order chi connectivity index (χ0) is 20.1. The molecular weight excluding hydrogens is 390 g/mol. The maximum Gasteiger partial charge on any atom is 0.243 e. The van der Waals surface area contributed by atoms with Gasteiger partial charge in [-0.3, -0.25) is 4.90 Å². The molecule has 1 aliphatic heterocycles.